The van der Waals surface area contributed by atoms with Crippen LogP contribution in [0.15, 0.2) is 30.3 Å². The Kier molecular flexibility index (Phi) is 4.32. The Morgan fingerprint density at radius 1 is 1.41 bits per heavy atom. The van der Waals surface area contributed by atoms with E-state index < -0.39 is 0 Å². The number of aliphatic hydroxyl groups excluding tert-OH is 1. The van der Waals surface area contributed by atoms with Gasteiger partial charge in [-0.1, -0.05) is 42.3 Å². The number of benzene rings is 1. The molecular weight excluding hydrogens is 300 g/mol. The highest BCUT2D eigenvalue weighted by atomic mass is 35.5. The van der Waals surface area contributed by atoms with E-state index in [4.69, 9.17) is 11.6 Å². The minimum absolute atomic E-state index is 0.157. The molecule has 2 atom stereocenters. The molecule has 1 fully saturated rings. The molecule has 1 N–H and O–H groups in total. The zero-order valence-electron chi connectivity index (χ0n) is 12.5. The molecule has 0 aliphatic heterocycles. The van der Waals surface area contributed by atoms with Crippen LogP contribution < -0.4 is 0 Å². The van der Waals surface area contributed by atoms with Crippen LogP contribution >= 0.6 is 11.6 Å². The maximum Gasteiger partial charge on any atom is 0.272 e. The van der Waals surface area contributed by atoms with Gasteiger partial charge in [-0.3, -0.25) is 4.79 Å². The first-order valence-corrected chi connectivity index (χ1v) is 7.93. The summed E-state index contributed by atoms with van der Waals surface area (Å²) >= 11 is 6.18. The predicted molar refractivity (Wildman–Crippen MR) is 87.1 cm³/mol. The number of hydrogen-bond acceptors (Lipinski definition) is 3. The molecule has 0 radical (unpaired) electrons. The van der Waals surface area contributed by atoms with Crippen molar-refractivity contribution in [3.63, 3.8) is 0 Å². The van der Waals surface area contributed by atoms with Gasteiger partial charge in [0.1, 0.15) is 10.8 Å². The number of fused-ring (bicyclic) bond motifs is 1. The minimum Gasteiger partial charge on any atom is -0.393 e. The van der Waals surface area contributed by atoms with Crippen LogP contribution in [0, 0.1) is 5.92 Å². The average molecular weight is 319 g/mol. The van der Waals surface area contributed by atoms with Crippen LogP contribution in [0.3, 0.4) is 0 Å². The summed E-state index contributed by atoms with van der Waals surface area (Å²) in [5.74, 6) is -0.00312. The zero-order chi connectivity index (χ0) is 15.7. The van der Waals surface area contributed by atoms with E-state index in [1.165, 1.54) is 0 Å². The van der Waals surface area contributed by atoms with Gasteiger partial charge in [0.25, 0.3) is 5.91 Å². The molecule has 1 saturated carbocycles. The van der Waals surface area contributed by atoms with E-state index >= 15 is 0 Å². The highest BCUT2D eigenvalue weighted by molar-refractivity contribution is 6.34. The number of hydrogen-bond donors (Lipinski definition) is 1. The van der Waals surface area contributed by atoms with E-state index in [0.29, 0.717) is 17.4 Å². The molecule has 1 heterocycles. The third kappa shape index (κ3) is 2.94. The van der Waals surface area contributed by atoms with Gasteiger partial charge in [0.05, 0.1) is 6.10 Å². The lowest BCUT2D eigenvalue weighted by molar-refractivity contribution is 0.0688. The standard InChI is InChI=1S/C17H19ClN2O2/c1-20(10-12-6-4-8-15(12)21)17(22)14-9-11-5-2-3-7-13(11)16(18)19-14/h2-3,5,7,9,12,15,21H,4,6,8,10H2,1H3. The molecule has 1 aliphatic rings. The number of nitrogens with zero attached hydrogens (tertiary/aromatic N) is 2. The van der Waals surface area contributed by atoms with Crippen LogP contribution in [-0.4, -0.2) is 40.6 Å². The van der Waals surface area contributed by atoms with E-state index in [9.17, 15) is 9.90 Å². The molecule has 2 unspecified atom stereocenters. The Hall–Kier alpha value is -1.65. The van der Waals surface area contributed by atoms with E-state index in [1.807, 2.05) is 24.3 Å². The fraction of sp³-hybridized carbons (Fsp3) is 0.412. The van der Waals surface area contributed by atoms with Crippen LogP contribution in [-0.2, 0) is 0 Å². The summed E-state index contributed by atoms with van der Waals surface area (Å²) in [6, 6.07) is 9.37. The minimum atomic E-state index is -0.302. The molecule has 1 aliphatic carbocycles. The maximum absolute atomic E-state index is 12.6. The summed E-state index contributed by atoms with van der Waals surface area (Å²) in [7, 11) is 1.75. The molecule has 3 rings (SSSR count). The Morgan fingerprint density at radius 2 is 2.18 bits per heavy atom. The number of amides is 1. The monoisotopic (exact) mass is 318 g/mol. The second-order valence-electron chi connectivity index (χ2n) is 5.96. The fourth-order valence-electron chi connectivity index (χ4n) is 3.13. The van der Waals surface area contributed by atoms with Crippen LogP contribution in [0.4, 0.5) is 0 Å². The molecule has 1 amide bonds. The lowest BCUT2D eigenvalue weighted by Gasteiger charge is -2.23. The van der Waals surface area contributed by atoms with Crippen molar-refractivity contribution in [1.82, 2.24) is 9.88 Å². The van der Waals surface area contributed by atoms with Crippen molar-refractivity contribution in [2.75, 3.05) is 13.6 Å². The van der Waals surface area contributed by atoms with Crippen molar-refractivity contribution < 1.29 is 9.90 Å². The van der Waals surface area contributed by atoms with Gasteiger partial charge in [-0.2, -0.15) is 0 Å². The number of carbonyl (C=O) groups is 1. The maximum atomic E-state index is 12.6. The topological polar surface area (TPSA) is 53.4 Å². The third-order valence-electron chi connectivity index (χ3n) is 4.39. The smallest absolute Gasteiger partial charge is 0.272 e. The number of halogens is 1. The van der Waals surface area contributed by atoms with Gasteiger partial charge in [-0.25, -0.2) is 4.98 Å². The third-order valence-corrected chi connectivity index (χ3v) is 4.68. The van der Waals surface area contributed by atoms with Gasteiger partial charge in [0.15, 0.2) is 0 Å². The van der Waals surface area contributed by atoms with Gasteiger partial charge in [0, 0.05) is 24.9 Å². The number of aromatic nitrogens is 1. The summed E-state index contributed by atoms with van der Waals surface area (Å²) < 4.78 is 0. The molecule has 4 nitrogen and oxygen atoms in total. The van der Waals surface area contributed by atoms with E-state index in [1.54, 1.807) is 18.0 Å². The Morgan fingerprint density at radius 3 is 2.91 bits per heavy atom. The first-order chi connectivity index (χ1) is 10.6. The lowest BCUT2D eigenvalue weighted by atomic mass is 10.1. The summed E-state index contributed by atoms with van der Waals surface area (Å²) in [5.41, 5.74) is 0.346. The highest BCUT2D eigenvalue weighted by Gasteiger charge is 2.28. The molecule has 0 spiro atoms. The van der Waals surface area contributed by atoms with E-state index in [0.717, 1.165) is 30.0 Å². The van der Waals surface area contributed by atoms with Gasteiger partial charge in [0.2, 0.25) is 0 Å². The van der Waals surface area contributed by atoms with Crippen molar-refractivity contribution in [1.29, 1.82) is 0 Å². The second kappa shape index (κ2) is 6.23. The first-order valence-electron chi connectivity index (χ1n) is 7.55. The average Bonchev–Trinajstić information content (AvgIpc) is 2.91. The number of aliphatic hydroxyl groups is 1. The fourth-order valence-corrected chi connectivity index (χ4v) is 3.39. The summed E-state index contributed by atoms with van der Waals surface area (Å²) in [4.78, 5) is 18.4. The summed E-state index contributed by atoms with van der Waals surface area (Å²) in [6.45, 7) is 0.548. The SMILES string of the molecule is CN(CC1CCCC1O)C(=O)c1cc2ccccc2c(Cl)n1. The Bertz CT molecular complexity index is 704. The Labute approximate surface area is 134 Å². The van der Waals surface area contributed by atoms with E-state index in [2.05, 4.69) is 4.98 Å². The molecule has 5 heteroatoms. The van der Waals surface area contributed by atoms with E-state index in [-0.39, 0.29) is 17.9 Å². The molecule has 0 saturated heterocycles. The quantitative estimate of drug-likeness (QED) is 0.885. The Balaban J connectivity index is 1.82. The van der Waals surface area contributed by atoms with Crippen LogP contribution in [0.2, 0.25) is 5.15 Å². The highest BCUT2D eigenvalue weighted by Crippen LogP contribution is 2.27. The summed E-state index contributed by atoms with van der Waals surface area (Å²) in [5, 5.41) is 12.0. The molecule has 116 valence electrons. The number of rotatable bonds is 3. The zero-order valence-corrected chi connectivity index (χ0v) is 13.3. The van der Waals surface area contributed by atoms with Crippen molar-refractivity contribution >= 4 is 28.3 Å². The van der Waals surface area contributed by atoms with Crippen molar-refractivity contribution in [3.05, 3.63) is 41.2 Å². The van der Waals surface area contributed by atoms with Gasteiger partial charge >= 0.3 is 0 Å². The molecule has 0 bridgehead atoms. The van der Waals surface area contributed by atoms with Crippen molar-refractivity contribution in [2.24, 2.45) is 5.92 Å². The van der Waals surface area contributed by atoms with Crippen LogP contribution in [0.1, 0.15) is 29.8 Å². The van der Waals surface area contributed by atoms with Crippen LogP contribution in [0.25, 0.3) is 10.8 Å². The second-order valence-corrected chi connectivity index (χ2v) is 6.32. The van der Waals surface area contributed by atoms with Gasteiger partial charge in [-0.15, -0.1) is 0 Å². The summed E-state index contributed by atoms with van der Waals surface area (Å²) in [6.07, 6.45) is 2.51. The molecule has 22 heavy (non-hydrogen) atoms. The number of carbonyl (C=O) groups excluding carboxylic acids is 1. The first kappa shape index (κ1) is 15.3. The largest absolute Gasteiger partial charge is 0.393 e. The predicted octanol–water partition coefficient (Wildman–Crippen LogP) is 3.12. The molecule has 1 aromatic heterocycles. The molecular formula is C17H19ClN2O2. The van der Waals surface area contributed by atoms with Crippen molar-refractivity contribution in [2.45, 2.75) is 25.4 Å². The van der Waals surface area contributed by atoms with Gasteiger partial charge < -0.3 is 10.0 Å². The normalized spacial score (nSPS) is 21.2. The molecule has 2 aromatic rings. The lowest BCUT2D eigenvalue weighted by Crippen LogP contribution is -2.34. The molecule has 1 aromatic carbocycles. The number of pyridine rings is 1. The van der Waals surface area contributed by atoms with Crippen LogP contribution in [0.5, 0.6) is 0 Å². The van der Waals surface area contributed by atoms with Gasteiger partial charge in [-0.05, 0) is 24.3 Å². The van der Waals surface area contributed by atoms with Crippen molar-refractivity contribution in [3.8, 4) is 0 Å².